The summed E-state index contributed by atoms with van der Waals surface area (Å²) < 4.78 is 28.5. The Labute approximate surface area is 204 Å². The van der Waals surface area contributed by atoms with Crippen molar-refractivity contribution in [1.82, 2.24) is 9.88 Å². The van der Waals surface area contributed by atoms with Gasteiger partial charge in [0.25, 0.3) is 0 Å². The van der Waals surface area contributed by atoms with Crippen molar-refractivity contribution in [3.8, 4) is 11.1 Å². The van der Waals surface area contributed by atoms with E-state index in [1.807, 2.05) is 47.4 Å². The van der Waals surface area contributed by atoms with Crippen molar-refractivity contribution in [1.29, 1.82) is 0 Å². The molecule has 176 valence electrons. The van der Waals surface area contributed by atoms with Crippen molar-refractivity contribution in [2.75, 3.05) is 13.1 Å². The van der Waals surface area contributed by atoms with E-state index in [1.54, 1.807) is 24.5 Å². The van der Waals surface area contributed by atoms with E-state index in [1.165, 1.54) is 23.8 Å². The van der Waals surface area contributed by atoms with E-state index >= 15 is 0 Å². The fourth-order valence-electron chi connectivity index (χ4n) is 5.03. The van der Waals surface area contributed by atoms with Crippen LogP contribution in [0.25, 0.3) is 11.1 Å². The van der Waals surface area contributed by atoms with Crippen LogP contribution in [0.4, 0.5) is 8.78 Å². The number of amides is 1. The van der Waals surface area contributed by atoms with Gasteiger partial charge in [-0.1, -0.05) is 60.7 Å². The van der Waals surface area contributed by atoms with Gasteiger partial charge in [-0.3, -0.25) is 9.78 Å². The van der Waals surface area contributed by atoms with Crippen molar-refractivity contribution in [2.24, 2.45) is 5.92 Å². The number of carbonyl (C=O) groups is 1. The molecule has 0 aliphatic carbocycles. The number of likely N-dealkylation sites (tertiary alicyclic amines) is 1. The van der Waals surface area contributed by atoms with E-state index in [2.05, 4.69) is 17.1 Å². The molecule has 0 unspecified atom stereocenters. The number of halogens is 2. The number of pyridine rings is 1. The van der Waals surface area contributed by atoms with Crippen molar-refractivity contribution >= 4 is 5.91 Å². The predicted octanol–water partition coefficient (Wildman–Crippen LogP) is 6.05. The van der Waals surface area contributed by atoms with Crippen LogP contribution in [0.2, 0.25) is 0 Å². The Bertz CT molecular complexity index is 1270. The van der Waals surface area contributed by atoms with Gasteiger partial charge in [-0.15, -0.1) is 0 Å². The Hall–Kier alpha value is -3.86. The Kier molecular flexibility index (Phi) is 6.66. The van der Waals surface area contributed by atoms with E-state index in [0.29, 0.717) is 25.1 Å². The van der Waals surface area contributed by atoms with Crippen LogP contribution in [0.1, 0.15) is 22.6 Å². The summed E-state index contributed by atoms with van der Waals surface area (Å²) in [6, 6.07) is 25.4. The van der Waals surface area contributed by atoms with E-state index < -0.39 is 11.6 Å². The van der Waals surface area contributed by atoms with Gasteiger partial charge >= 0.3 is 0 Å². The van der Waals surface area contributed by atoms with Crippen molar-refractivity contribution in [3.63, 3.8) is 0 Å². The average Bonchev–Trinajstić information content (AvgIpc) is 3.29. The highest BCUT2D eigenvalue weighted by atomic mass is 19.1. The van der Waals surface area contributed by atoms with Crippen molar-refractivity contribution in [3.05, 3.63) is 126 Å². The van der Waals surface area contributed by atoms with Gasteiger partial charge in [-0.05, 0) is 58.9 Å². The fourth-order valence-corrected chi connectivity index (χ4v) is 5.03. The number of carbonyl (C=O) groups excluding carboxylic acids is 1. The molecule has 1 aliphatic rings. The largest absolute Gasteiger partial charge is 0.341 e. The SMILES string of the molecule is O=C(Cc1ccncc1)N1C[C@@H](Cc2ccccc2)[C@H](c2ccc(-c3c(F)cccc3F)cc2)C1. The molecule has 1 fully saturated rings. The zero-order valence-corrected chi connectivity index (χ0v) is 19.3. The Morgan fingerprint density at radius 3 is 2.17 bits per heavy atom. The molecule has 4 aromatic rings. The van der Waals surface area contributed by atoms with Crippen molar-refractivity contribution in [2.45, 2.75) is 18.8 Å². The molecular formula is C30H26F2N2O. The molecule has 35 heavy (non-hydrogen) atoms. The molecule has 3 aromatic carbocycles. The molecule has 5 heteroatoms. The number of hydrogen-bond donors (Lipinski definition) is 0. The van der Waals surface area contributed by atoms with Crippen LogP contribution in [-0.4, -0.2) is 28.9 Å². The Balaban J connectivity index is 1.40. The van der Waals surface area contributed by atoms with Crippen LogP contribution in [-0.2, 0) is 17.6 Å². The molecule has 2 atom stereocenters. The second-order valence-electron chi connectivity index (χ2n) is 9.11. The van der Waals surface area contributed by atoms with E-state index in [4.69, 9.17) is 0 Å². The molecule has 0 saturated carbocycles. The van der Waals surface area contributed by atoms with Gasteiger partial charge in [-0.25, -0.2) is 8.78 Å². The molecular weight excluding hydrogens is 442 g/mol. The summed E-state index contributed by atoms with van der Waals surface area (Å²) in [7, 11) is 0. The molecule has 0 spiro atoms. The smallest absolute Gasteiger partial charge is 0.227 e. The zero-order chi connectivity index (χ0) is 24.2. The minimum absolute atomic E-state index is 0.0135. The zero-order valence-electron chi connectivity index (χ0n) is 19.3. The molecule has 1 saturated heterocycles. The molecule has 1 aromatic heterocycles. The third-order valence-electron chi connectivity index (χ3n) is 6.83. The van der Waals surface area contributed by atoms with Gasteiger partial charge in [0.05, 0.1) is 12.0 Å². The molecule has 1 aliphatic heterocycles. The third kappa shape index (κ3) is 5.14. The average molecular weight is 469 g/mol. The van der Waals surface area contributed by atoms with Gasteiger partial charge in [0.15, 0.2) is 0 Å². The monoisotopic (exact) mass is 468 g/mol. The van der Waals surface area contributed by atoms with Gasteiger partial charge in [-0.2, -0.15) is 0 Å². The topological polar surface area (TPSA) is 33.2 Å². The molecule has 3 nitrogen and oxygen atoms in total. The lowest BCUT2D eigenvalue weighted by molar-refractivity contribution is -0.129. The minimum atomic E-state index is -0.576. The quantitative estimate of drug-likeness (QED) is 0.345. The lowest BCUT2D eigenvalue weighted by atomic mass is 9.84. The standard InChI is InChI=1S/C30H26F2N2O/c31-27-7-4-8-28(32)30(27)24-11-9-23(10-12-24)26-20-34(29(35)18-22-13-15-33-16-14-22)19-25(26)17-21-5-2-1-3-6-21/h1-16,25-26H,17-20H2/t25-,26+/m1/s1. The maximum absolute atomic E-state index is 14.3. The number of rotatable bonds is 6. The summed E-state index contributed by atoms with van der Waals surface area (Å²) in [6.07, 6.45) is 4.61. The van der Waals surface area contributed by atoms with E-state index in [0.717, 1.165) is 17.5 Å². The normalized spacial score (nSPS) is 17.5. The van der Waals surface area contributed by atoms with E-state index in [-0.39, 0.29) is 23.3 Å². The summed E-state index contributed by atoms with van der Waals surface area (Å²) in [5.41, 5.74) is 3.75. The highest BCUT2D eigenvalue weighted by Gasteiger charge is 2.36. The second-order valence-corrected chi connectivity index (χ2v) is 9.11. The highest BCUT2D eigenvalue weighted by Crippen LogP contribution is 2.36. The first kappa shape index (κ1) is 22.9. The molecule has 2 heterocycles. The van der Waals surface area contributed by atoms with Crippen LogP contribution in [0.5, 0.6) is 0 Å². The Morgan fingerprint density at radius 2 is 1.49 bits per heavy atom. The summed E-state index contributed by atoms with van der Waals surface area (Å²) in [6.45, 7) is 1.29. The number of hydrogen-bond acceptors (Lipinski definition) is 2. The van der Waals surface area contributed by atoms with Gasteiger partial charge in [0, 0.05) is 31.4 Å². The summed E-state index contributed by atoms with van der Waals surface area (Å²) in [4.78, 5) is 19.1. The van der Waals surface area contributed by atoms with Crippen LogP contribution in [0.15, 0.2) is 97.3 Å². The van der Waals surface area contributed by atoms with Crippen LogP contribution in [0, 0.1) is 17.6 Å². The summed E-state index contributed by atoms with van der Waals surface area (Å²) in [5.74, 6) is -0.672. The molecule has 0 bridgehead atoms. The first-order valence-electron chi connectivity index (χ1n) is 11.8. The number of aromatic nitrogens is 1. The Morgan fingerprint density at radius 1 is 0.800 bits per heavy atom. The first-order chi connectivity index (χ1) is 17.1. The lowest BCUT2D eigenvalue weighted by Crippen LogP contribution is -2.30. The van der Waals surface area contributed by atoms with Gasteiger partial charge in [0.1, 0.15) is 11.6 Å². The second kappa shape index (κ2) is 10.2. The highest BCUT2D eigenvalue weighted by molar-refractivity contribution is 5.79. The third-order valence-corrected chi connectivity index (χ3v) is 6.83. The molecule has 0 radical (unpaired) electrons. The van der Waals surface area contributed by atoms with Gasteiger partial charge < -0.3 is 4.90 Å². The summed E-state index contributed by atoms with van der Waals surface area (Å²) >= 11 is 0. The van der Waals surface area contributed by atoms with Crippen molar-refractivity contribution < 1.29 is 13.6 Å². The van der Waals surface area contributed by atoms with Crippen LogP contribution in [0.3, 0.4) is 0 Å². The van der Waals surface area contributed by atoms with E-state index in [9.17, 15) is 13.6 Å². The fraction of sp³-hybridized carbons (Fsp3) is 0.200. The van der Waals surface area contributed by atoms with Crippen LogP contribution < -0.4 is 0 Å². The lowest BCUT2D eigenvalue weighted by Gasteiger charge is -2.19. The number of benzene rings is 3. The van der Waals surface area contributed by atoms with Crippen LogP contribution >= 0.6 is 0 Å². The maximum Gasteiger partial charge on any atom is 0.227 e. The number of nitrogens with zero attached hydrogens (tertiary/aromatic N) is 2. The molecule has 5 rings (SSSR count). The maximum atomic E-state index is 14.3. The molecule has 0 N–H and O–H groups in total. The summed E-state index contributed by atoms with van der Waals surface area (Å²) in [5, 5.41) is 0. The minimum Gasteiger partial charge on any atom is -0.341 e. The van der Waals surface area contributed by atoms with Gasteiger partial charge in [0.2, 0.25) is 5.91 Å². The predicted molar refractivity (Wildman–Crippen MR) is 133 cm³/mol. The first-order valence-corrected chi connectivity index (χ1v) is 11.8. The molecule has 1 amide bonds.